The maximum Gasteiger partial charge on any atom is 0.210 e. The maximum absolute atomic E-state index is 12.7. The largest absolute Gasteiger partial charge is 0.360 e. The molecule has 1 aromatic carbocycles. The zero-order valence-electron chi connectivity index (χ0n) is 12.1. The summed E-state index contributed by atoms with van der Waals surface area (Å²) >= 11 is 1.42. The van der Waals surface area contributed by atoms with E-state index in [4.69, 9.17) is 0 Å². The van der Waals surface area contributed by atoms with Crippen LogP contribution in [0, 0.1) is 0 Å². The van der Waals surface area contributed by atoms with E-state index in [9.17, 15) is 4.79 Å². The first-order valence-corrected chi connectivity index (χ1v) is 8.17. The molecule has 0 bridgehead atoms. The first-order valence-electron chi connectivity index (χ1n) is 7.29. The zero-order valence-corrected chi connectivity index (χ0v) is 12.9. The summed E-state index contributed by atoms with van der Waals surface area (Å²) in [6.45, 7) is 1.90. The van der Waals surface area contributed by atoms with Crippen molar-refractivity contribution in [2.24, 2.45) is 0 Å². The van der Waals surface area contributed by atoms with E-state index in [-0.39, 0.29) is 11.0 Å². The number of ketones is 1. The van der Waals surface area contributed by atoms with E-state index in [1.807, 2.05) is 35.9 Å². The minimum absolute atomic E-state index is 0.0906. The number of hydrogen-bond donors (Lipinski definition) is 1. The Kier molecular flexibility index (Phi) is 3.22. The second kappa shape index (κ2) is 5.24. The van der Waals surface area contributed by atoms with Crippen molar-refractivity contribution in [2.75, 3.05) is 0 Å². The van der Waals surface area contributed by atoms with Crippen LogP contribution in [0.15, 0.2) is 35.6 Å². The molecule has 112 valence electrons. The molecule has 2 heterocycles. The molecular weight excluding hydrogens is 298 g/mol. The second-order valence-electron chi connectivity index (χ2n) is 5.51. The number of nitrogens with one attached hydrogen (secondary N) is 1. The van der Waals surface area contributed by atoms with E-state index in [2.05, 4.69) is 20.5 Å². The van der Waals surface area contributed by atoms with Crippen LogP contribution in [0.2, 0.25) is 0 Å². The number of tetrazole rings is 1. The molecule has 2 aromatic heterocycles. The van der Waals surface area contributed by atoms with Crippen LogP contribution in [-0.2, 0) is 0 Å². The summed E-state index contributed by atoms with van der Waals surface area (Å²) in [5.41, 5.74) is 1.70. The fourth-order valence-electron chi connectivity index (χ4n) is 2.52. The molecule has 6 nitrogen and oxygen atoms in total. The van der Waals surface area contributed by atoms with Gasteiger partial charge in [0.25, 0.3) is 0 Å². The molecule has 1 aliphatic carbocycles. The van der Waals surface area contributed by atoms with Crippen molar-refractivity contribution in [3.05, 3.63) is 36.0 Å². The summed E-state index contributed by atoms with van der Waals surface area (Å²) in [7, 11) is 0. The molecule has 0 saturated heterocycles. The Hall–Kier alpha value is -2.15. The number of carbonyl (C=O) groups is 1. The number of aromatic amines is 1. The molecule has 1 fully saturated rings. The smallest absolute Gasteiger partial charge is 0.210 e. The summed E-state index contributed by atoms with van der Waals surface area (Å²) < 4.78 is 1.84. The summed E-state index contributed by atoms with van der Waals surface area (Å²) in [6, 6.07) is 8.24. The molecule has 1 saturated carbocycles. The molecule has 7 heteroatoms. The molecule has 0 aliphatic heterocycles. The van der Waals surface area contributed by atoms with E-state index < -0.39 is 0 Å². The Morgan fingerprint density at radius 2 is 2.23 bits per heavy atom. The van der Waals surface area contributed by atoms with Crippen molar-refractivity contribution in [3.63, 3.8) is 0 Å². The van der Waals surface area contributed by atoms with Crippen LogP contribution >= 0.6 is 11.8 Å². The molecule has 1 N–H and O–H groups in total. The van der Waals surface area contributed by atoms with Gasteiger partial charge < -0.3 is 4.98 Å². The molecule has 4 rings (SSSR count). The van der Waals surface area contributed by atoms with Crippen molar-refractivity contribution in [1.29, 1.82) is 0 Å². The Labute approximate surface area is 131 Å². The van der Waals surface area contributed by atoms with Crippen LogP contribution in [0.1, 0.15) is 36.2 Å². The number of hydrogen-bond acceptors (Lipinski definition) is 5. The second-order valence-corrected chi connectivity index (χ2v) is 6.82. The standard InChI is InChI=1S/C15H15N5OS/c1-9(22-15-17-18-19-20(15)10-6-7-10)14(21)12-8-16-13-5-3-2-4-11(12)13/h2-5,8-10,16H,6-7H2,1H3. The highest BCUT2D eigenvalue weighted by atomic mass is 32.2. The molecule has 1 atom stereocenters. The van der Waals surface area contributed by atoms with E-state index in [1.165, 1.54) is 11.8 Å². The van der Waals surface area contributed by atoms with Crippen molar-refractivity contribution in [1.82, 2.24) is 25.2 Å². The fourth-order valence-corrected chi connectivity index (χ4v) is 3.44. The van der Waals surface area contributed by atoms with Gasteiger partial charge in [0, 0.05) is 22.7 Å². The number of benzene rings is 1. The van der Waals surface area contributed by atoms with E-state index in [1.54, 1.807) is 6.20 Å². The number of rotatable bonds is 5. The Balaban J connectivity index is 1.58. The van der Waals surface area contributed by atoms with Crippen LogP contribution in [0.5, 0.6) is 0 Å². The number of carbonyl (C=O) groups excluding carboxylic acids is 1. The first-order chi connectivity index (χ1) is 10.7. The topological polar surface area (TPSA) is 76.5 Å². The molecular formula is C15H15N5OS. The van der Waals surface area contributed by atoms with Crippen LogP contribution in [0.25, 0.3) is 10.9 Å². The van der Waals surface area contributed by atoms with Crippen LogP contribution in [0.3, 0.4) is 0 Å². The van der Waals surface area contributed by atoms with E-state index in [0.717, 1.165) is 34.5 Å². The number of para-hydroxylation sites is 1. The number of aromatic nitrogens is 5. The lowest BCUT2D eigenvalue weighted by atomic mass is 10.1. The predicted molar refractivity (Wildman–Crippen MR) is 84.0 cm³/mol. The predicted octanol–water partition coefficient (Wildman–Crippen LogP) is 2.85. The lowest BCUT2D eigenvalue weighted by molar-refractivity contribution is 0.0995. The highest BCUT2D eigenvalue weighted by molar-refractivity contribution is 8.00. The molecule has 22 heavy (non-hydrogen) atoms. The van der Waals surface area contributed by atoms with E-state index in [0.29, 0.717) is 6.04 Å². The zero-order chi connectivity index (χ0) is 15.1. The summed E-state index contributed by atoms with van der Waals surface area (Å²) in [5, 5.41) is 13.3. The summed E-state index contributed by atoms with van der Waals surface area (Å²) in [4.78, 5) is 15.9. The van der Waals surface area contributed by atoms with Gasteiger partial charge in [0.15, 0.2) is 5.78 Å². The average Bonchev–Trinajstić information content (AvgIpc) is 3.12. The number of thioether (sulfide) groups is 1. The van der Waals surface area contributed by atoms with Gasteiger partial charge in [-0.2, -0.15) is 0 Å². The van der Waals surface area contributed by atoms with Crippen LogP contribution in [0.4, 0.5) is 0 Å². The Morgan fingerprint density at radius 1 is 1.41 bits per heavy atom. The number of fused-ring (bicyclic) bond motifs is 1. The summed E-state index contributed by atoms with van der Waals surface area (Å²) in [6.07, 6.45) is 4.01. The lowest BCUT2D eigenvalue weighted by Crippen LogP contribution is -2.14. The minimum atomic E-state index is -0.234. The first kappa shape index (κ1) is 13.5. The third kappa shape index (κ3) is 2.31. The Morgan fingerprint density at radius 3 is 3.05 bits per heavy atom. The maximum atomic E-state index is 12.7. The fraction of sp³-hybridized carbons (Fsp3) is 0.333. The van der Waals surface area contributed by atoms with Gasteiger partial charge >= 0.3 is 0 Å². The minimum Gasteiger partial charge on any atom is -0.360 e. The van der Waals surface area contributed by atoms with Crippen molar-refractivity contribution in [2.45, 2.75) is 36.2 Å². The SMILES string of the molecule is CC(Sc1nnnn1C1CC1)C(=O)c1c[nH]c2ccccc12. The molecule has 3 aromatic rings. The lowest BCUT2D eigenvalue weighted by Gasteiger charge is -2.09. The molecule has 1 aliphatic rings. The third-order valence-electron chi connectivity index (χ3n) is 3.86. The van der Waals surface area contributed by atoms with Gasteiger partial charge in [-0.25, -0.2) is 4.68 Å². The Bertz CT molecular complexity index is 835. The van der Waals surface area contributed by atoms with Crippen LogP contribution in [-0.4, -0.2) is 36.2 Å². The van der Waals surface area contributed by atoms with E-state index >= 15 is 0 Å². The van der Waals surface area contributed by atoms with Gasteiger partial charge in [0.1, 0.15) is 0 Å². The highest BCUT2D eigenvalue weighted by Gasteiger charge is 2.30. The van der Waals surface area contributed by atoms with Gasteiger partial charge in [-0.1, -0.05) is 30.0 Å². The average molecular weight is 313 g/mol. The van der Waals surface area contributed by atoms with Crippen molar-refractivity contribution < 1.29 is 4.79 Å². The van der Waals surface area contributed by atoms with Gasteiger partial charge in [0.05, 0.1) is 11.3 Å². The van der Waals surface area contributed by atoms with Gasteiger partial charge in [-0.05, 0) is 36.3 Å². The number of nitrogens with zero attached hydrogens (tertiary/aromatic N) is 4. The molecule has 0 amide bonds. The van der Waals surface area contributed by atoms with Crippen molar-refractivity contribution >= 4 is 28.4 Å². The molecule has 1 unspecified atom stereocenters. The third-order valence-corrected chi connectivity index (χ3v) is 4.91. The van der Waals surface area contributed by atoms with Gasteiger partial charge in [-0.3, -0.25) is 4.79 Å². The monoisotopic (exact) mass is 313 g/mol. The highest BCUT2D eigenvalue weighted by Crippen LogP contribution is 2.37. The molecule has 0 radical (unpaired) electrons. The number of Topliss-reactive ketones (excluding diaryl/α,β-unsaturated/α-hetero) is 1. The normalized spacial score (nSPS) is 16.0. The van der Waals surface area contributed by atoms with Crippen molar-refractivity contribution in [3.8, 4) is 0 Å². The quantitative estimate of drug-likeness (QED) is 0.579. The van der Waals surface area contributed by atoms with Gasteiger partial charge in [0.2, 0.25) is 5.16 Å². The molecule has 0 spiro atoms. The number of H-pyrrole nitrogens is 1. The van der Waals surface area contributed by atoms with Gasteiger partial charge in [-0.15, -0.1) is 5.10 Å². The van der Waals surface area contributed by atoms with Crippen LogP contribution < -0.4 is 0 Å². The summed E-state index contributed by atoms with van der Waals surface area (Å²) in [5.74, 6) is 0.0906.